The second kappa shape index (κ2) is 6.29. The first kappa shape index (κ1) is 14.7. The zero-order chi connectivity index (χ0) is 14.8. The van der Waals surface area contributed by atoms with Gasteiger partial charge in [0.1, 0.15) is 5.82 Å². The Hall–Kier alpha value is -1.19. The van der Waals surface area contributed by atoms with Gasteiger partial charge in [-0.3, -0.25) is 0 Å². The Morgan fingerprint density at radius 3 is 2.57 bits per heavy atom. The fourth-order valence-electron chi connectivity index (χ4n) is 2.83. The zero-order valence-electron chi connectivity index (χ0n) is 12.1. The van der Waals surface area contributed by atoms with Crippen LogP contribution in [0.25, 0.3) is 0 Å². The molecule has 1 fully saturated rings. The summed E-state index contributed by atoms with van der Waals surface area (Å²) in [6, 6.07) is 14.2. The number of aryl methyl sites for hydroxylation is 1. The van der Waals surface area contributed by atoms with Crippen molar-refractivity contribution in [1.29, 1.82) is 0 Å². The first-order valence-electron chi connectivity index (χ1n) is 7.35. The average Bonchev–Trinajstić information content (AvgIpc) is 2.42. The van der Waals surface area contributed by atoms with E-state index in [1.165, 1.54) is 17.2 Å². The smallest absolute Gasteiger partial charge is 0.123 e. The fraction of sp³-hybridized carbons (Fsp3) is 0.333. The van der Waals surface area contributed by atoms with Crippen molar-refractivity contribution < 1.29 is 4.39 Å². The Bertz CT molecular complexity index is 618. The SMILES string of the molecule is Cc1ccc(C2CC(NCc3cc(F)ccc3Br)C2)cc1. The van der Waals surface area contributed by atoms with Crippen LogP contribution < -0.4 is 5.32 Å². The van der Waals surface area contributed by atoms with Crippen LogP contribution in [0.4, 0.5) is 4.39 Å². The molecule has 0 heterocycles. The lowest BCUT2D eigenvalue weighted by molar-refractivity contribution is 0.289. The van der Waals surface area contributed by atoms with Crippen LogP contribution in [-0.2, 0) is 6.54 Å². The van der Waals surface area contributed by atoms with Gasteiger partial charge in [0, 0.05) is 17.1 Å². The molecule has 110 valence electrons. The summed E-state index contributed by atoms with van der Waals surface area (Å²) in [4.78, 5) is 0. The molecule has 1 saturated carbocycles. The largest absolute Gasteiger partial charge is 0.310 e. The van der Waals surface area contributed by atoms with Gasteiger partial charge in [-0.25, -0.2) is 4.39 Å². The van der Waals surface area contributed by atoms with Crippen LogP contribution in [0.5, 0.6) is 0 Å². The molecule has 1 nitrogen and oxygen atoms in total. The minimum Gasteiger partial charge on any atom is -0.310 e. The van der Waals surface area contributed by atoms with Crippen LogP contribution in [0, 0.1) is 12.7 Å². The molecule has 3 heteroatoms. The molecule has 2 aromatic rings. The van der Waals surface area contributed by atoms with Gasteiger partial charge in [-0.2, -0.15) is 0 Å². The standard InChI is InChI=1S/C18H19BrFN/c1-12-2-4-13(5-3-12)14-9-17(10-14)21-11-15-8-16(20)6-7-18(15)19/h2-8,14,17,21H,9-11H2,1H3. The van der Waals surface area contributed by atoms with E-state index in [1.54, 1.807) is 12.1 Å². The molecule has 0 saturated heterocycles. The predicted molar refractivity (Wildman–Crippen MR) is 87.9 cm³/mol. The van der Waals surface area contributed by atoms with Crippen molar-refractivity contribution in [3.8, 4) is 0 Å². The van der Waals surface area contributed by atoms with Crippen LogP contribution in [-0.4, -0.2) is 6.04 Å². The molecule has 1 N–H and O–H groups in total. The highest BCUT2D eigenvalue weighted by Crippen LogP contribution is 2.37. The molecule has 21 heavy (non-hydrogen) atoms. The van der Waals surface area contributed by atoms with Gasteiger partial charge in [0.2, 0.25) is 0 Å². The van der Waals surface area contributed by atoms with E-state index in [9.17, 15) is 4.39 Å². The molecule has 0 bridgehead atoms. The van der Waals surface area contributed by atoms with Crippen molar-refractivity contribution in [1.82, 2.24) is 5.32 Å². The minimum atomic E-state index is -0.179. The van der Waals surface area contributed by atoms with E-state index in [2.05, 4.69) is 52.4 Å². The fourth-order valence-corrected chi connectivity index (χ4v) is 3.22. The Morgan fingerprint density at radius 2 is 1.86 bits per heavy atom. The van der Waals surface area contributed by atoms with E-state index in [-0.39, 0.29) is 5.82 Å². The van der Waals surface area contributed by atoms with Crippen LogP contribution in [0.15, 0.2) is 46.9 Å². The number of benzene rings is 2. The Balaban J connectivity index is 1.51. The molecule has 1 aliphatic rings. The Morgan fingerprint density at radius 1 is 1.14 bits per heavy atom. The van der Waals surface area contributed by atoms with E-state index in [4.69, 9.17) is 0 Å². The molecule has 0 unspecified atom stereocenters. The summed E-state index contributed by atoms with van der Waals surface area (Å²) in [6.07, 6.45) is 2.33. The van der Waals surface area contributed by atoms with Gasteiger partial charge >= 0.3 is 0 Å². The van der Waals surface area contributed by atoms with Crippen molar-refractivity contribution in [3.63, 3.8) is 0 Å². The van der Waals surface area contributed by atoms with Crippen LogP contribution in [0.1, 0.15) is 35.4 Å². The van der Waals surface area contributed by atoms with Crippen molar-refractivity contribution in [2.24, 2.45) is 0 Å². The van der Waals surface area contributed by atoms with Crippen LogP contribution in [0.2, 0.25) is 0 Å². The van der Waals surface area contributed by atoms with Gasteiger partial charge in [-0.1, -0.05) is 45.8 Å². The second-order valence-corrected chi connectivity index (χ2v) is 6.75. The monoisotopic (exact) mass is 347 g/mol. The molecule has 2 aromatic carbocycles. The van der Waals surface area contributed by atoms with Gasteiger partial charge < -0.3 is 5.32 Å². The van der Waals surface area contributed by atoms with E-state index in [0.29, 0.717) is 18.5 Å². The topological polar surface area (TPSA) is 12.0 Å². The lowest BCUT2D eigenvalue weighted by Gasteiger charge is -2.36. The van der Waals surface area contributed by atoms with E-state index in [0.717, 1.165) is 22.9 Å². The zero-order valence-corrected chi connectivity index (χ0v) is 13.7. The molecule has 1 aliphatic carbocycles. The third-order valence-corrected chi connectivity index (χ3v) is 5.05. The molecule has 0 atom stereocenters. The maximum Gasteiger partial charge on any atom is 0.123 e. The summed E-state index contributed by atoms with van der Waals surface area (Å²) in [5.74, 6) is 0.486. The van der Waals surface area contributed by atoms with Crippen molar-refractivity contribution in [2.75, 3.05) is 0 Å². The van der Waals surface area contributed by atoms with Crippen LogP contribution >= 0.6 is 15.9 Å². The van der Waals surface area contributed by atoms with E-state index >= 15 is 0 Å². The maximum atomic E-state index is 13.2. The minimum absolute atomic E-state index is 0.179. The number of hydrogen-bond donors (Lipinski definition) is 1. The van der Waals surface area contributed by atoms with Crippen molar-refractivity contribution >= 4 is 15.9 Å². The average molecular weight is 348 g/mol. The molecular weight excluding hydrogens is 329 g/mol. The predicted octanol–water partition coefficient (Wildman–Crippen LogP) is 4.93. The number of nitrogens with one attached hydrogen (secondary N) is 1. The molecule has 0 spiro atoms. The van der Waals surface area contributed by atoms with Gasteiger partial charge in [-0.15, -0.1) is 0 Å². The third-order valence-electron chi connectivity index (χ3n) is 4.28. The first-order valence-corrected chi connectivity index (χ1v) is 8.15. The summed E-state index contributed by atoms with van der Waals surface area (Å²) >= 11 is 3.47. The molecule has 0 radical (unpaired) electrons. The molecule has 0 aromatic heterocycles. The summed E-state index contributed by atoms with van der Waals surface area (Å²) in [7, 11) is 0. The van der Waals surface area contributed by atoms with Gasteiger partial charge in [-0.05, 0) is 55.0 Å². The van der Waals surface area contributed by atoms with Gasteiger partial charge in [0.25, 0.3) is 0 Å². The highest BCUT2D eigenvalue weighted by atomic mass is 79.9. The van der Waals surface area contributed by atoms with Crippen molar-refractivity contribution in [3.05, 3.63) is 69.4 Å². The molecule has 0 amide bonds. The Kier molecular flexibility index (Phi) is 4.41. The summed E-state index contributed by atoms with van der Waals surface area (Å²) < 4.78 is 14.2. The normalized spacial score (nSPS) is 21.1. The highest BCUT2D eigenvalue weighted by molar-refractivity contribution is 9.10. The van der Waals surface area contributed by atoms with Crippen LogP contribution in [0.3, 0.4) is 0 Å². The van der Waals surface area contributed by atoms with Gasteiger partial charge in [0.05, 0.1) is 0 Å². The summed E-state index contributed by atoms with van der Waals surface area (Å²) in [6.45, 7) is 2.83. The molecule has 0 aliphatic heterocycles. The maximum absolute atomic E-state index is 13.2. The number of hydrogen-bond acceptors (Lipinski definition) is 1. The molecular formula is C18H19BrFN. The summed E-state index contributed by atoms with van der Waals surface area (Å²) in [5, 5.41) is 3.52. The number of rotatable bonds is 4. The highest BCUT2D eigenvalue weighted by Gasteiger charge is 2.29. The first-order chi connectivity index (χ1) is 10.1. The second-order valence-electron chi connectivity index (χ2n) is 5.89. The summed E-state index contributed by atoms with van der Waals surface area (Å²) in [5.41, 5.74) is 3.73. The van der Waals surface area contributed by atoms with Crippen molar-refractivity contribution in [2.45, 2.75) is 38.3 Å². The number of halogens is 2. The van der Waals surface area contributed by atoms with E-state index in [1.807, 2.05) is 0 Å². The third kappa shape index (κ3) is 3.53. The lowest BCUT2D eigenvalue weighted by Crippen LogP contribution is -2.39. The molecule has 3 rings (SSSR count). The Labute approximate surface area is 133 Å². The lowest BCUT2D eigenvalue weighted by atomic mass is 9.75. The quantitative estimate of drug-likeness (QED) is 0.826. The van der Waals surface area contributed by atoms with Gasteiger partial charge in [0.15, 0.2) is 0 Å². The van der Waals surface area contributed by atoms with E-state index < -0.39 is 0 Å².